The molecule has 0 aromatic heterocycles. The standard InChI is InChI=1S/C24H40N4O2S/c1-4-31(29)20-12-10-11-19(17-20)27-24(25-2)26-18-22(28-15-8-5-9-16-28)21-13-6-7-14-23(21)30-3/h6-7,13-14,19-20,22H,4-5,8-12,15-18H2,1-3H3,(H2,25,26,27). The normalized spacial score (nSPS) is 24.9. The van der Waals surface area contributed by atoms with Crippen molar-refractivity contribution in [3.63, 3.8) is 0 Å². The number of likely N-dealkylation sites (tertiary alicyclic amines) is 1. The molecule has 0 spiro atoms. The highest BCUT2D eigenvalue weighted by Crippen LogP contribution is 2.31. The topological polar surface area (TPSA) is 66.0 Å². The predicted molar refractivity (Wildman–Crippen MR) is 130 cm³/mol. The van der Waals surface area contributed by atoms with Gasteiger partial charge in [-0.1, -0.05) is 38.0 Å². The number of guanidine groups is 1. The second-order valence-electron chi connectivity index (χ2n) is 8.61. The molecule has 1 heterocycles. The number of benzene rings is 1. The molecule has 2 fully saturated rings. The highest BCUT2D eigenvalue weighted by Gasteiger charge is 2.28. The zero-order valence-corrected chi connectivity index (χ0v) is 20.3. The van der Waals surface area contributed by atoms with E-state index in [1.807, 2.05) is 20.0 Å². The van der Waals surface area contributed by atoms with Crippen LogP contribution in [-0.2, 0) is 10.8 Å². The number of nitrogens with zero attached hydrogens (tertiary/aromatic N) is 2. The fraction of sp³-hybridized carbons (Fsp3) is 0.708. The Morgan fingerprint density at radius 3 is 2.71 bits per heavy atom. The third-order valence-corrected chi connectivity index (χ3v) is 8.38. The minimum absolute atomic E-state index is 0.238. The molecule has 4 unspecified atom stereocenters. The van der Waals surface area contributed by atoms with Gasteiger partial charge in [-0.2, -0.15) is 0 Å². The SMILES string of the molecule is CCS(=O)C1CCCC(NC(=NC)NCC(c2ccccc2OC)N2CCCCC2)C1. The summed E-state index contributed by atoms with van der Waals surface area (Å²) in [5.74, 6) is 2.53. The van der Waals surface area contributed by atoms with Gasteiger partial charge in [-0.05, 0) is 51.3 Å². The van der Waals surface area contributed by atoms with E-state index in [-0.39, 0.29) is 6.04 Å². The van der Waals surface area contributed by atoms with Crippen LogP contribution in [0.1, 0.15) is 63.5 Å². The molecule has 0 bridgehead atoms. The zero-order valence-electron chi connectivity index (χ0n) is 19.4. The zero-order chi connectivity index (χ0) is 22.1. The van der Waals surface area contributed by atoms with Crippen molar-refractivity contribution in [1.29, 1.82) is 0 Å². The van der Waals surface area contributed by atoms with E-state index in [2.05, 4.69) is 38.7 Å². The third-order valence-electron chi connectivity index (χ3n) is 6.64. The lowest BCUT2D eigenvalue weighted by atomic mass is 9.95. The summed E-state index contributed by atoms with van der Waals surface area (Å²) in [6, 6.07) is 8.93. The molecule has 1 saturated heterocycles. The van der Waals surface area contributed by atoms with Gasteiger partial charge in [0.05, 0.1) is 13.2 Å². The molecule has 2 N–H and O–H groups in total. The minimum Gasteiger partial charge on any atom is -0.496 e. The molecule has 1 aromatic carbocycles. The number of hydrogen-bond acceptors (Lipinski definition) is 4. The summed E-state index contributed by atoms with van der Waals surface area (Å²) < 4.78 is 18.0. The Balaban J connectivity index is 1.66. The van der Waals surface area contributed by atoms with Gasteiger partial charge in [0.1, 0.15) is 5.75 Å². The molecule has 6 nitrogen and oxygen atoms in total. The lowest BCUT2D eigenvalue weighted by Gasteiger charge is -2.36. The van der Waals surface area contributed by atoms with Crippen LogP contribution in [0.15, 0.2) is 29.3 Å². The summed E-state index contributed by atoms with van der Waals surface area (Å²) in [7, 11) is 2.87. The van der Waals surface area contributed by atoms with Crippen LogP contribution < -0.4 is 15.4 Å². The molecule has 0 amide bonds. The lowest BCUT2D eigenvalue weighted by Crippen LogP contribution is -2.49. The van der Waals surface area contributed by atoms with Crippen LogP contribution >= 0.6 is 0 Å². The van der Waals surface area contributed by atoms with Crippen LogP contribution in [0.5, 0.6) is 5.75 Å². The highest BCUT2D eigenvalue weighted by molar-refractivity contribution is 7.85. The van der Waals surface area contributed by atoms with Crippen LogP contribution in [0.2, 0.25) is 0 Å². The van der Waals surface area contributed by atoms with E-state index in [1.54, 1.807) is 7.11 Å². The molecular weight excluding hydrogens is 408 g/mol. The summed E-state index contributed by atoms with van der Waals surface area (Å²) >= 11 is 0. The van der Waals surface area contributed by atoms with Gasteiger partial charge in [0.15, 0.2) is 5.96 Å². The molecule has 3 rings (SSSR count). The maximum absolute atomic E-state index is 12.3. The lowest BCUT2D eigenvalue weighted by molar-refractivity contribution is 0.161. The Kier molecular flexibility index (Phi) is 9.65. The first-order valence-electron chi connectivity index (χ1n) is 11.9. The summed E-state index contributed by atoms with van der Waals surface area (Å²) in [4.78, 5) is 7.07. The number of methoxy groups -OCH3 is 1. The monoisotopic (exact) mass is 448 g/mol. The number of nitrogens with one attached hydrogen (secondary N) is 2. The van der Waals surface area contributed by atoms with Crippen molar-refractivity contribution in [3.8, 4) is 5.75 Å². The summed E-state index contributed by atoms with van der Waals surface area (Å²) in [6.07, 6.45) is 8.09. The van der Waals surface area contributed by atoms with Crippen molar-refractivity contribution in [1.82, 2.24) is 15.5 Å². The number of aliphatic imine (C=N–C) groups is 1. The Bertz CT molecular complexity index is 736. The van der Waals surface area contributed by atoms with E-state index in [9.17, 15) is 4.21 Å². The second kappa shape index (κ2) is 12.4. The molecule has 1 aromatic rings. The van der Waals surface area contributed by atoms with Crippen molar-refractivity contribution in [3.05, 3.63) is 29.8 Å². The first kappa shape index (κ1) is 24.1. The van der Waals surface area contributed by atoms with E-state index < -0.39 is 10.8 Å². The summed E-state index contributed by atoms with van der Waals surface area (Å²) in [5.41, 5.74) is 1.23. The quantitative estimate of drug-likeness (QED) is 0.471. The highest BCUT2D eigenvalue weighted by atomic mass is 32.2. The van der Waals surface area contributed by atoms with Crippen molar-refractivity contribution < 1.29 is 8.95 Å². The molecule has 1 aliphatic heterocycles. The van der Waals surface area contributed by atoms with Crippen LogP contribution in [0, 0.1) is 0 Å². The number of hydrogen-bond donors (Lipinski definition) is 2. The van der Waals surface area contributed by atoms with Gasteiger partial charge >= 0.3 is 0 Å². The average Bonchev–Trinajstić information content (AvgIpc) is 2.84. The van der Waals surface area contributed by atoms with Gasteiger partial charge in [-0.25, -0.2) is 0 Å². The molecule has 1 saturated carbocycles. The molecule has 7 heteroatoms. The van der Waals surface area contributed by atoms with Crippen molar-refractivity contribution >= 4 is 16.8 Å². The van der Waals surface area contributed by atoms with Gasteiger partial charge in [-0.3, -0.25) is 14.1 Å². The number of rotatable bonds is 8. The van der Waals surface area contributed by atoms with Crippen LogP contribution in [0.4, 0.5) is 0 Å². The van der Waals surface area contributed by atoms with Gasteiger partial charge in [0, 0.05) is 47.0 Å². The van der Waals surface area contributed by atoms with Crippen LogP contribution in [0.25, 0.3) is 0 Å². The Morgan fingerprint density at radius 1 is 1.23 bits per heavy atom. The Morgan fingerprint density at radius 2 is 2.00 bits per heavy atom. The van der Waals surface area contributed by atoms with Crippen molar-refractivity contribution in [2.45, 2.75) is 69.2 Å². The van der Waals surface area contributed by atoms with Crippen molar-refractivity contribution in [2.24, 2.45) is 4.99 Å². The number of para-hydroxylation sites is 1. The first-order chi connectivity index (χ1) is 15.2. The Labute approximate surface area is 190 Å². The molecule has 4 atom stereocenters. The van der Waals surface area contributed by atoms with E-state index in [1.165, 1.54) is 24.8 Å². The molecule has 174 valence electrons. The molecule has 0 radical (unpaired) electrons. The molecular formula is C24H40N4O2S. The van der Waals surface area contributed by atoms with Crippen LogP contribution in [-0.4, -0.2) is 65.9 Å². The predicted octanol–water partition coefficient (Wildman–Crippen LogP) is 3.47. The Hall–Kier alpha value is -1.60. The van der Waals surface area contributed by atoms with Gasteiger partial charge in [0.25, 0.3) is 0 Å². The third kappa shape index (κ3) is 6.69. The fourth-order valence-electron chi connectivity index (χ4n) is 4.94. The van der Waals surface area contributed by atoms with Gasteiger partial charge < -0.3 is 15.4 Å². The number of piperidine rings is 1. The van der Waals surface area contributed by atoms with Gasteiger partial charge in [-0.15, -0.1) is 0 Å². The van der Waals surface area contributed by atoms with E-state index >= 15 is 0 Å². The first-order valence-corrected chi connectivity index (χ1v) is 13.3. The maximum Gasteiger partial charge on any atom is 0.191 e. The van der Waals surface area contributed by atoms with E-state index in [0.29, 0.717) is 11.3 Å². The molecule has 2 aliphatic rings. The van der Waals surface area contributed by atoms with Crippen molar-refractivity contribution in [2.75, 3.05) is 39.5 Å². The molecule has 1 aliphatic carbocycles. The smallest absolute Gasteiger partial charge is 0.191 e. The molecule has 31 heavy (non-hydrogen) atoms. The van der Waals surface area contributed by atoms with Crippen LogP contribution in [0.3, 0.4) is 0 Å². The summed E-state index contributed by atoms with van der Waals surface area (Å²) in [5, 5.41) is 7.50. The largest absolute Gasteiger partial charge is 0.496 e. The van der Waals surface area contributed by atoms with E-state index in [0.717, 1.165) is 62.8 Å². The number of ether oxygens (including phenoxy) is 1. The fourth-order valence-corrected chi connectivity index (χ4v) is 6.29. The van der Waals surface area contributed by atoms with E-state index in [4.69, 9.17) is 4.74 Å². The second-order valence-corrected chi connectivity index (χ2v) is 10.6. The minimum atomic E-state index is -0.715. The maximum atomic E-state index is 12.3. The summed E-state index contributed by atoms with van der Waals surface area (Å²) in [6.45, 7) is 5.02. The average molecular weight is 449 g/mol. The van der Waals surface area contributed by atoms with Gasteiger partial charge in [0.2, 0.25) is 0 Å².